The molecule has 2 amide bonds. The first-order chi connectivity index (χ1) is 11.5. The van der Waals surface area contributed by atoms with Gasteiger partial charge in [0.1, 0.15) is 5.75 Å². The number of piperazine rings is 1. The first-order valence-electron chi connectivity index (χ1n) is 8.61. The Morgan fingerprint density at radius 1 is 1.29 bits per heavy atom. The number of nitrogens with zero attached hydrogens (tertiary/aromatic N) is 2. The number of benzene rings is 1. The van der Waals surface area contributed by atoms with Crippen LogP contribution in [0.3, 0.4) is 0 Å². The highest BCUT2D eigenvalue weighted by Gasteiger charge is 2.35. The molecular formula is C18H25N3O3. The fourth-order valence-electron chi connectivity index (χ4n) is 3.67. The van der Waals surface area contributed by atoms with Gasteiger partial charge in [0.25, 0.3) is 5.91 Å². The number of piperidine rings is 1. The van der Waals surface area contributed by atoms with Crippen molar-refractivity contribution in [1.29, 1.82) is 0 Å². The summed E-state index contributed by atoms with van der Waals surface area (Å²) < 4.78 is 5.58. The predicted molar refractivity (Wildman–Crippen MR) is 90.8 cm³/mol. The summed E-state index contributed by atoms with van der Waals surface area (Å²) in [6.45, 7) is 4.95. The zero-order chi connectivity index (χ0) is 17.1. The lowest BCUT2D eigenvalue weighted by Gasteiger charge is -2.47. The highest BCUT2D eigenvalue weighted by atomic mass is 16.5. The van der Waals surface area contributed by atoms with Gasteiger partial charge in [0.2, 0.25) is 5.91 Å². The number of amides is 2. The summed E-state index contributed by atoms with van der Waals surface area (Å²) in [4.78, 5) is 28.2. The third-order valence-corrected chi connectivity index (χ3v) is 4.99. The smallest absolute Gasteiger partial charge is 0.260 e. The highest BCUT2D eigenvalue weighted by molar-refractivity contribution is 5.93. The van der Waals surface area contributed by atoms with Crippen molar-refractivity contribution >= 4 is 11.8 Å². The van der Waals surface area contributed by atoms with E-state index in [4.69, 9.17) is 10.5 Å². The molecule has 0 aliphatic carbocycles. The number of carbonyl (C=O) groups is 2. The van der Waals surface area contributed by atoms with Crippen LogP contribution in [-0.2, 0) is 4.79 Å². The highest BCUT2D eigenvalue weighted by Crippen LogP contribution is 2.24. The van der Waals surface area contributed by atoms with E-state index in [-0.39, 0.29) is 18.6 Å². The molecule has 3 rings (SSSR count). The van der Waals surface area contributed by atoms with Crippen LogP contribution >= 0.6 is 0 Å². The Morgan fingerprint density at radius 3 is 2.92 bits per heavy atom. The summed E-state index contributed by atoms with van der Waals surface area (Å²) in [6.07, 6.45) is 3.67. The van der Waals surface area contributed by atoms with E-state index in [1.165, 1.54) is 12.8 Å². The number of primary amides is 1. The molecule has 2 N–H and O–H groups in total. The van der Waals surface area contributed by atoms with Gasteiger partial charge in [-0.3, -0.25) is 14.5 Å². The van der Waals surface area contributed by atoms with E-state index >= 15 is 0 Å². The molecule has 2 aliphatic rings. The minimum atomic E-state index is -0.506. The van der Waals surface area contributed by atoms with Crippen molar-refractivity contribution in [2.24, 2.45) is 5.73 Å². The molecule has 0 saturated carbocycles. The lowest BCUT2D eigenvalue weighted by Crippen LogP contribution is -2.60. The second-order valence-corrected chi connectivity index (χ2v) is 6.72. The molecule has 2 aliphatic heterocycles. The van der Waals surface area contributed by atoms with Gasteiger partial charge in [-0.25, -0.2) is 0 Å². The van der Waals surface area contributed by atoms with Crippen LogP contribution in [0.25, 0.3) is 0 Å². The SMILES string of the molecule is C[C@@H]1CN2CCCC[C@H]2CN1C(=O)COc1cccc(C(N)=O)c1. The van der Waals surface area contributed by atoms with Crippen LogP contribution < -0.4 is 10.5 Å². The van der Waals surface area contributed by atoms with Gasteiger partial charge in [-0.05, 0) is 44.5 Å². The van der Waals surface area contributed by atoms with Crippen LogP contribution in [0, 0.1) is 0 Å². The van der Waals surface area contributed by atoms with Gasteiger partial charge in [0, 0.05) is 30.7 Å². The summed E-state index contributed by atoms with van der Waals surface area (Å²) in [5.41, 5.74) is 5.64. The quantitative estimate of drug-likeness (QED) is 0.901. The van der Waals surface area contributed by atoms with Crippen molar-refractivity contribution < 1.29 is 14.3 Å². The number of nitrogens with two attached hydrogens (primary N) is 1. The van der Waals surface area contributed by atoms with E-state index in [0.717, 1.165) is 26.1 Å². The molecule has 1 aromatic carbocycles. The van der Waals surface area contributed by atoms with Crippen LogP contribution in [0.1, 0.15) is 36.5 Å². The average molecular weight is 331 g/mol. The summed E-state index contributed by atoms with van der Waals surface area (Å²) in [6, 6.07) is 7.30. The van der Waals surface area contributed by atoms with E-state index in [9.17, 15) is 9.59 Å². The van der Waals surface area contributed by atoms with Crippen molar-refractivity contribution in [2.75, 3.05) is 26.2 Å². The van der Waals surface area contributed by atoms with Gasteiger partial charge in [-0.1, -0.05) is 12.5 Å². The molecule has 6 heteroatoms. The lowest BCUT2D eigenvalue weighted by molar-refractivity contribution is -0.140. The van der Waals surface area contributed by atoms with E-state index in [0.29, 0.717) is 17.4 Å². The van der Waals surface area contributed by atoms with E-state index < -0.39 is 5.91 Å². The molecule has 130 valence electrons. The van der Waals surface area contributed by atoms with Gasteiger partial charge in [-0.2, -0.15) is 0 Å². The van der Waals surface area contributed by atoms with E-state index in [1.807, 2.05) is 4.90 Å². The van der Waals surface area contributed by atoms with Crippen molar-refractivity contribution in [3.05, 3.63) is 29.8 Å². The summed E-state index contributed by atoms with van der Waals surface area (Å²) in [5.74, 6) is -0.0189. The Morgan fingerprint density at radius 2 is 2.12 bits per heavy atom. The normalized spacial score (nSPS) is 24.3. The number of ether oxygens (including phenoxy) is 1. The molecule has 0 aromatic heterocycles. The Labute approximate surface area is 142 Å². The van der Waals surface area contributed by atoms with E-state index in [2.05, 4.69) is 11.8 Å². The predicted octanol–water partition coefficient (Wildman–Crippen LogP) is 1.25. The third-order valence-electron chi connectivity index (χ3n) is 4.99. The Kier molecular flexibility index (Phi) is 5.04. The second kappa shape index (κ2) is 7.21. The molecule has 6 nitrogen and oxygen atoms in total. The molecule has 0 bridgehead atoms. The van der Waals surface area contributed by atoms with Gasteiger partial charge in [-0.15, -0.1) is 0 Å². The summed E-state index contributed by atoms with van der Waals surface area (Å²) >= 11 is 0. The van der Waals surface area contributed by atoms with Crippen molar-refractivity contribution in [1.82, 2.24) is 9.80 Å². The van der Waals surface area contributed by atoms with Crippen molar-refractivity contribution in [3.8, 4) is 5.75 Å². The summed E-state index contributed by atoms with van der Waals surface area (Å²) in [5, 5.41) is 0. The second-order valence-electron chi connectivity index (χ2n) is 6.72. The van der Waals surface area contributed by atoms with Gasteiger partial charge >= 0.3 is 0 Å². The molecular weight excluding hydrogens is 306 g/mol. The third kappa shape index (κ3) is 3.70. The molecule has 2 atom stereocenters. The largest absolute Gasteiger partial charge is 0.484 e. The molecule has 0 unspecified atom stereocenters. The van der Waals surface area contributed by atoms with Gasteiger partial charge in [0.05, 0.1) is 0 Å². The molecule has 2 fully saturated rings. The topological polar surface area (TPSA) is 75.9 Å². The zero-order valence-electron chi connectivity index (χ0n) is 14.1. The molecule has 0 radical (unpaired) electrons. The van der Waals surface area contributed by atoms with Crippen LogP contribution in [0.15, 0.2) is 24.3 Å². The lowest BCUT2D eigenvalue weighted by atomic mass is 9.97. The van der Waals surface area contributed by atoms with Crippen molar-refractivity contribution in [2.45, 2.75) is 38.3 Å². The Bertz CT molecular complexity index is 619. The molecule has 0 spiro atoms. The summed E-state index contributed by atoms with van der Waals surface area (Å²) in [7, 11) is 0. The molecule has 24 heavy (non-hydrogen) atoms. The Hall–Kier alpha value is -2.08. The minimum Gasteiger partial charge on any atom is -0.484 e. The zero-order valence-corrected chi connectivity index (χ0v) is 14.1. The number of rotatable bonds is 4. The van der Waals surface area contributed by atoms with Gasteiger partial charge in [0.15, 0.2) is 6.61 Å². The minimum absolute atomic E-state index is 0.00259. The monoisotopic (exact) mass is 331 g/mol. The molecule has 2 saturated heterocycles. The Balaban J connectivity index is 1.58. The first kappa shape index (κ1) is 16.8. The molecule has 1 aromatic rings. The van der Waals surface area contributed by atoms with Gasteiger partial charge < -0.3 is 15.4 Å². The van der Waals surface area contributed by atoms with Crippen LogP contribution in [-0.4, -0.2) is 59.9 Å². The average Bonchev–Trinajstić information content (AvgIpc) is 2.59. The maximum absolute atomic E-state index is 12.6. The number of hydrogen-bond acceptors (Lipinski definition) is 4. The molecule has 2 heterocycles. The maximum Gasteiger partial charge on any atom is 0.260 e. The van der Waals surface area contributed by atoms with Crippen LogP contribution in [0.4, 0.5) is 0 Å². The number of carbonyl (C=O) groups excluding carboxylic acids is 2. The standard InChI is InChI=1S/C18H25N3O3/c1-13-10-20-8-3-2-6-15(20)11-21(13)17(22)12-24-16-7-4-5-14(9-16)18(19)23/h4-5,7,9,13,15H,2-3,6,8,10-12H2,1H3,(H2,19,23)/t13-,15+/m1/s1. The first-order valence-corrected chi connectivity index (χ1v) is 8.61. The van der Waals surface area contributed by atoms with Crippen LogP contribution in [0.5, 0.6) is 5.75 Å². The van der Waals surface area contributed by atoms with Crippen LogP contribution in [0.2, 0.25) is 0 Å². The maximum atomic E-state index is 12.6. The van der Waals surface area contributed by atoms with Crippen molar-refractivity contribution in [3.63, 3.8) is 0 Å². The fraction of sp³-hybridized carbons (Fsp3) is 0.556. The van der Waals surface area contributed by atoms with E-state index in [1.54, 1.807) is 24.3 Å². The number of hydrogen-bond donors (Lipinski definition) is 1. The number of fused-ring (bicyclic) bond motifs is 1. The fourth-order valence-corrected chi connectivity index (χ4v) is 3.67.